The van der Waals surface area contributed by atoms with E-state index in [1.807, 2.05) is 24.4 Å². The SMILES string of the molecule is COCCc1ccc(CCc2ccc(C#Cc3ccc4c(F)c(F)ccc4c3)c(F)c2)nc1. The molecule has 0 unspecified atom stereocenters. The van der Waals surface area contributed by atoms with Gasteiger partial charge in [0.1, 0.15) is 5.82 Å². The molecule has 0 radical (unpaired) electrons. The monoisotopic (exact) mass is 445 g/mol. The van der Waals surface area contributed by atoms with E-state index in [1.165, 1.54) is 18.2 Å². The zero-order valence-electron chi connectivity index (χ0n) is 18.2. The van der Waals surface area contributed by atoms with E-state index in [-0.39, 0.29) is 10.9 Å². The Morgan fingerprint density at radius 3 is 2.39 bits per heavy atom. The minimum atomic E-state index is -0.890. The average Bonchev–Trinajstić information content (AvgIpc) is 2.84. The van der Waals surface area contributed by atoms with Gasteiger partial charge in [0, 0.05) is 30.0 Å². The Kier molecular flexibility index (Phi) is 7.07. The van der Waals surface area contributed by atoms with Crippen molar-refractivity contribution >= 4 is 10.8 Å². The number of hydrogen-bond donors (Lipinski definition) is 0. The molecule has 2 nitrogen and oxygen atoms in total. The summed E-state index contributed by atoms with van der Waals surface area (Å²) in [6, 6.07) is 16.4. The predicted octanol–water partition coefficient (Wildman–Crippen LogP) is 6.03. The lowest BCUT2D eigenvalue weighted by molar-refractivity contribution is 0.202. The fourth-order valence-electron chi connectivity index (χ4n) is 3.54. The standard InChI is InChI=1S/C28H22F3NO/c1-33-15-14-21-5-11-24(32-18-21)10-4-20-3-8-22(27(30)17-20)7-2-19-6-12-25-23(16-19)9-13-26(29)28(25)31/h3,5-6,8-9,11-13,16-18H,4,10,14-15H2,1H3. The number of fused-ring (bicyclic) bond motifs is 1. The van der Waals surface area contributed by atoms with Crippen molar-refractivity contribution in [2.24, 2.45) is 0 Å². The van der Waals surface area contributed by atoms with Crippen molar-refractivity contribution in [3.63, 3.8) is 0 Å². The van der Waals surface area contributed by atoms with Gasteiger partial charge in [0.15, 0.2) is 11.6 Å². The zero-order valence-corrected chi connectivity index (χ0v) is 18.2. The van der Waals surface area contributed by atoms with Crippen LogP contribution < -0.4 is 0 Å². The Morgan fingerprint density at radius 2 is 1.64 bits per heavy atom. The minimum absolute atomic E-state index is 0.190. The van der Waals surface area contributed by atoms with Crippen LogP contribution in [0.15, 0.2) is 66.9 Å². The van der Waals surface area contributed by atoms with Gasteiger partial charge >= 0.3 is 0 Å². The van der Waals surface area contributed by atoms with E-state index < -0.39 is 17.5 Å². The number of aryl methyl sites for hydroxylation is 2. The first-order valence-electron chi connectivity index (χ1n) is 10.6. The third-order valence-electron chi connectivity index (χ3n) is 5.43. The summed E-state index contributed by atoms with van der Waals surface area (Å²) in [4.78, 5) is 4.47. The summed E-state index contributed by atoms with van der Waals surface area (Å²) >= 11 is 0. The van der Waals surface area contributed by atoms with E-state index in [4.69, 9.17) is 4.74 Å². The van der Waals surface area contributed by atoms with Gasteiger partial charge in [0.2, 0.25) is 0 Å². The second-order valence-electron chi connectivity index (χ2n) is 7.76. The normalized spacial score (nSPS) is 10.8. The van der Waals surface area contributed by atoms with Gasteiger partial charge < -0.3 is 4.74 Å². The van der Waals surface area contributed by atoms with Crippen molar-refractivity contribution in [3.8, 4) is 11.8 Å². The van der Waals surface area contributed by atoms with Gasteiger partial charge in [-0.2, -0.15) is 0 Å². The van der Waals surface area contributed by atoms with Crippen molar-refractivity contribution in [3.05, 3.63) is 112 Å². The summed E-state index contributed by atoms with van der Waals surface area (Å²) in [6.07, 6.45) is 4.06. The molecular weight excluding hydrogens is 423 g/mol. The molecule has 0 atom stereocenters. The highest BCUT2D eigenvalue weighted by atomic mass is 19.2. The van der Waals surface area contributed by atoms with E-state index in [0.717, 1.165) is 29.3 Å². The van der Waals surface area contributed by atoms with Crippen molar-refractivity contribution < 1.29 is 17.9 Å². The van der Waals surface area contributed by atoms with Gasteiger partial charge in [-0.3, -0.25) is 4.98 Å². The van der Waals surface area contributed by atoms with Gasteiger partial charge in [-0.05, 0) is 72.2 Å². The summed E-state index contributed by atoms with van der Waals surface area (Å²) in [5.41, 5.74) is 3.82. The second-order valence-corrected chi connectivity index (χ2v) is 7.76. The maximum atomic E-state index is 14.6. The number of ether oxygens (including phenoxy) is 1. The Balaban J connectivity index is 1.42. The van der Waals surface area contributed by atoms with Gasteiger partial charge in [-0.1, -0.05) is 36.1 Å². The van der Waals surface area contributed by atoms with Gasteiger partial charge in [0.05, 0.1) is 12.2 Å². The lowest BCUT2D eigenvalue weighted by atomic mass is 10.0. The lowest BCUT2D eigenvalue weighted by Crippen LogP contribution is -1.99. The van der Waals surface area contributed by atoms with Crippen LogP contribution in [-0.4, -0.2) is 18.7 Å². The third kappa shape index (κ3) is 5.60. The molecule has 1 aromatic heterocycles. The van der Waals surface area contributed by atoms with Gasteiger partial charge in [0.25, 0.3) is 0 Å². The highest BCUT2D eigenvalue weighted by Crippen LogP contribution is 2.21. The van der Waals surface area contributed by atoms with Gasteiger partial charge in [-0.15, -0.1) is 0 Å². The molecule has 5 heteroatoms. The van der Waals surface area contributed by atoms with E-state index >= 15 is 0 Å². The Labute approximate surface area is 191 Å². The molecule has 1 heterocycles. The van der Waals surface area contributed by atoms with Crippen molar-refractivity contribution in [1.82, 2.24) is 4.98 Å². The second kappa shape index (κ2) is 10.3. The smallest absolute Gasteiger partial charge is 0.166 e. The molecule has 0 amide bonds. The van der Waals surface area contributed by atoms with Crippen LogP contribution in [0.4, 0.5) is 13.2 Å². The molecule has 4 aromatic rings. The highest BCUT2D eigenvalue weighted by molar-refractivity contribution is 5.84. The number of benzene rings is 3. The number of methoxy groups -OCH3 is 1. The number of nitrogens with zero attached hydrogens (tertiary/aromatic N) is 1. The van der Waals surface area contributed by atoms with E-state index in [1.54, 1.807) is 25.3 Å². The third-order valence-corrected chi connectivity index (χ3v) is 5.43. The van der Waals surface area contributed by atoms with Crippen LogP contribution in [0.1, 0.15) is 27.9 Å². The molecule has 0 bridgehead atoms. The number of hydrogen-bond acceptors (Lipinski definition) is 2. The minimum Gasteiger partial charge on any atom is -0.384 e. The molecular formula is C28H22F3NO. The maximum Gasteiger partial charge on any atom is 0.166 e. The summed E-state index contributed by atoms with van der Waals surface area (Å²) in [6.45, 7) is 0.662. The number of pyridine rings is 1. The first-order chi connectivity index (χ1) is 16.0. The number of aromatic nitrogens is 1. The Hall–Kier alpha value is -3.62. The van der Waals surface area contributed by atoms with Crippen LogP contribution in [0, 0.1) is 29.3 Å². The van der Waals surface area contributed by atoms with Crippen LogP contribution in [0.25, 0.3) is 10.8 Å². The zero-order chi connectivity index (χ0) is 23.2. The molecule has 3 aromatic carbocycles. The number of halogens is 3. The molecule has 0 aliphatic heterocycles. The van der Waals surface area contributed by atoms with Crippen LogP contribution in [0.5, 0.6) is 0 Å². The molecule has 0 saturated heterocycles. The summed E-state index contributed by atoms with van der Waals surface area (Å²) in [5.74, 6) is 3.56. The maximum absolute atomic E-state index is 14.6. The molecule has 0 fully saturated rings. The van der Waals surface area contributed by atoms with Crippen LogP contribution in [0.3, 0.4) is 0 Å². The van der Waals surface area contributed by atoms with E-state index in [2.05, 4.69) is 16.8 Å². The van der Waals surface area contributed by atoms with Crippen LogP contribution in [-0.2, 0) is 24.0 Å². The molecule has 0 saturated carbocycles. The van der Waals surface area contributed by atoms with Crippen LogP contribution in [0.2, 0.25) is 0 Å². The average molecular weight is 445 g/mol. The Morgan fingerprint density at radius 1 is 0.788 bits per heavy atom. The molecule has 0 aliphatic carbocycles. The molecule has 0 aliphatic rings. The molecule has 0 spiro atoms. The van der Waals surface area contributed by atoms with E-state index in [0.29, 0.717) is 30.4 Å². The molecule has 0 N–H and O–H groups in total. The van der Waals surface area contributed by atoms with Crippen LogP contribution >= 0.6 is 0 Å². The topological polar surface area (TPSA) is 22.1 Å². The summed E-state index contributed by atoms with van der Waals surface area (Å²) in [5, 5.41) is 0.729. The fourth-order valence-corrected chi connectivity index (χ4v) is 3.54. The highest BCUT2D eigenvalue weighted by Gasteiger charge is 2.07. The first kappa shape index (κ1) is 22.6. The molecule has 4 rings (SSSR count). The molecule has 33 heavy (non-hydrogen) atoms. The van der Waals surface area contributed by atoms with Crippen molar-refractivity contribution in [2.45, 2.75) is 19.3 Å². The predicted molar refractivity (Wildman–Crippen MR) is 123 cm³/mol. The Bertz CT molecular complexity index is 1340. The van der Waals surface area contributed by atoms with Crippen molar-refractivity contribution in [2.75, 3.05) is 13.7 Å². The van der Waals surface area contributed by atoms with E-state index in [9.17, 15) is 13.2 Å². The quantitative estimate of drug-likeness (QED) is 0.338. The van der Waals surface area contributed by atoms with Crippen molar-refractivity contribution in [1.29, 1.82) is 0 Å². The lowest BCUT2D eigenvalue weighted by Gasteiger charge is -2.05. The van der Waals surface area contributed by atoms with Gasteiger partial charge in [-0.25, -0.2) is 13.2 Å². The molecule has 166 valence electrons. The summed E-state index contributed by atoms with van der Waals surface area (Å²) in [7, 11) is 1.67. The number of rotatable bonds is 6. The largest absolute Gasteiger partial charge is 0.384 e. The summed E-state index contributed by atoms with van der Waals surface area (Å²) < 4.78 is 46.8. The fraction of sp³-hybridized carbons (Fsp3) is 0.179. The first-order valence-corrected chi connectivity index (χ1v) is 10.6.